The molecule has 0 rings (SSSR count). The first-order valence-corrected chi connectivity index (χ1v) is 9.02. The topological polar surface area (TPSA) is 116 Å². The molecule has 1 amide bonds. The Hall–Kier alpha value is -1.64. The molecular weight excluding hydrogens is 326 g/mol. The number of ether oxygens (including phenoxy) is 2. The lowest BCUT2D eigenvalue weighted by molar-refractivity contribution is -0.167. The van der Waals surface area contributed by atoms with Crippen molar-refractivity contribution in [1.82, 2.24) is 4.72 Å². The highest BCUT2D eigenvalue weighted by atomic mass is 32.2. The maximum atomic E-state index is 11.9. The van der Waals surface area contributed by atoms with Gasteiger partial charge >= 0.3 is 11.9 Å². The van der Waals surface area contributed by atoms with Crippen LogP contribution in [0.3, 0.4) is 0 Å². The van der Waals surface area contributed by atoms with E-state index in [0.29, 0.717) is 0 Å². The van der Waals surface area contributed by atoms with E-state index in [4.69, 9.17) is 9.47 Å². The van der Waals surface area contributed by atoms with Crippen molar-refractivity contribution in [3.05, 3.63) is 0 Å². The fourth-order valence-corrected chi connectivity index (χ4v) is 1.95. The number of sulfonamides is 1. The molecule has 0 aromatic rings. The van der Waals surface area contributed by atoms with Crippen LogP contribution in [0.1, 0.15) is 41.0 Å². The Morgan fingerprint density at radius 3 is 1.96 bits per heavy atom. The number of amides is 1. The van der Waals surface area contributed by atoms with E-state index in [-0.39, 0.29) is 13.0 Å². The Kier molecular flexibility index (Phi) is 7.69. The molecule has 2 atom stereocenters. The molecule has 1 N–H and O–H groups in total. The van der Waals surface area contributed by atoms with Crippen LogP contribution in [-0.4, -0.2) is 44.7 Å². The monoisotopic (exact) mass is 351 g/mol. The summed E-state index contributed by atoms with van der Waals surface area (Å²) in [5.41, 5.74) is -0.654. The third-order valence-corrected chi connectivity index (χ3v) is 3.37. The van der Waals surface area contributed by atoms with Crippen LogP contribution in [0.2, 0.25) is 0 Å². The lowest BCUT2D eigenvalue weighted by Crippen LogP contribution is -2.34. The molecule has 134 valence electrons. The Morgan fingerprint density at radius 2 is 1.52 bits per heavy atom. The molecule has 0 heterocycles. The van der Waals surface area contributed by atoms with Gasteiger partial charge in [-0.1, -0.05) is 13.8 Å². The highest BCUT2D eigenvalue weighted by Crippen LogP contribution is 2.18. The fraction of sp³-hybridized carbons (Fsp3) is 0.786. The average molecular weight is 351 g/mol. The van der Waals surface area contributed by atoms with Crippen LogP contribution in [0, 0.1) is 11.8 Å². The molecule has 0 aliphatic carbocycles. The van der Waals surface area contributed by atoms with Crippen molar-refractivity contribution in [3.8, 4) is 0 Å². The predicted molar refractivity (Wildman–Crippen MR) is 82.7 cm³/mol. The van der Waals surface area contributed by atoms with Crippen LogP contribution in [0.5, 0.6) is 0 Å². The van der Waals surface area contributed by atoms with Crippen LogP contribution >= 0.6 is 0 Å². The molecule has 0 spiro atoms. The molecule has 0 saturated carbocycles. The maximum absolute atomic E-state index is 11.9. The molecule has 9 heteroatoms. The van der Waals surface area contributed by atoms with Gasteiger partial charge in [-0.25, -0.2) is 8.42 Å². The summed E-state index contributed by atoms with van der Waals surface area (Å²) >= 11 is 0. The van der Waals surface area contributed by atoms with Crippen molar-refractivity contribution in [2.75, 3.05) is 12.9 Å². The lowest BCUT2D eigenvalue weighted by atomic mass is 9.96. The van der Waals surface area contributed by atoms with Gasteiger partial charge in [0.05, 0.1) is 24.5 Å². The molecule has 23 heavy (non-hydrogen) atoms. The number of esters is 2. The van der Waals surface area contributed by atoms with Gasteiger partial charge in [-0.3, -0.25) is 19.1 Å². The second-order valence-corrected chi connectivity index (χ2v) is 8.07. The summed E-state index contributed by atoms with van der Waals surface area (Å²) in [5.74, 6) is -3.39. The second kappa shape index (κ2) is 8.28. The Bertz CT molecular complexity index is 548. The Balaban J connectivity index is 4.35. The maximum Gasteiger partial charge on any atom is 0.310 e. The number of hydrogen-bond donors (Lipinski definition) is 1. The van der Waals surface area contributed by atoms with E-state index < -0.39 is 45.3 Å². The van der Waals surface area contributed by atoms with Crippen molar-refractivity contribution >= 4 is 27.9 Å². The van der Waals surface area contributed by atoms with E-state index in [1.54, 1.807) is 32.4 Å². The van der Waals surface area contributed by atoms with E-state index >= 15 is 0 Å². The van der Waals surface area contributed by atoms with Gasteiger partial charge in [0, 0.05) is 0 Å². The summed E-state index contributed by atoms with van der Waals surface area (Å²) in [4.78, 5) is 35.0. The van der Waals surface area contributed by atoms with Crippen LogP contribution in [0.4, 0.5) is 0 Å². The molecule has 0 fully saturated rings. The molecule has 0 aliphatic heterocycles. The first kappa shape index (κ1) is 21.4. The third kappa shape index (κ3) is 9.88. The van der Waals surface area contributed by atoms with Crippen molar-refractivity contribution in [1.29, 1.82) is 0 Å². The molecule has 0 aromatic heterocycles. The molecule has 0 aromatic carbocycles. The number of rotatable bonds is 7. The number of carbonyl (C=O) groups is 3. The SMILES string of the molecule is CC(C(=O)OCCC(=O)NS(C)(=O)=O)C(C)C(=O)OC(C)(C)C. The zero-order valence-electron chi connectivity index (χ0n) is 14.3. The summed E-state index contributed by atoms with van der Waals surface area (Å²) in [6.45, 7) is 7.97. The van der Waals surface area contributed by atoms with E-state index in [1.165, 1.54) is 6.92 Å². The smallest absolute Gasteiger partial charge is 0.310 e. The molecule has 0 aliphatic rings. The van der Waals surface area contributed by atoms with Gasteiger partial charge < -0.3 is 9.47 Å². The number of carbonyl (C=O) groups excluding carboxylic acids is 3. The van der Waals surface area contributed by atoms with Gasteiger partial charge in [0.1, 0.15) is 12.2 Å². The standard InChI is InChI=1S/C14H25NO7S/c1-9(10(2)13(18)22-14(3,4)5)12(17)21-8-7-11(16)15-23(6,19)20/h9-10H,7-8H2,1-6H3,(H,15,16). The van der Waals surface area contributed by atoms with Crippen LogP contribution in [-0.2, 0) is 33.9 Å². The molecule has 2 unspecified atom stereocenters. The number of hydrogen-bond acceptors (Lipinski definition) is 7. The summed E-state index contributed by atoms with van der Waals surface area (Å²) < 4.78 is 33.5. The normalized spacial score (nSPS) is 14.5. The summed E-state index contributed by atoms with van der Waals surface area (Å²) in [5, 5.41) is 0. The first-order valence-electron chi connectivity index (χ1n) is 7.13. The zero-order valence-corrected chi connectivity index (χ0v) is 15.2. The average Bonchev–Trinajstić information content (AvgIpc) is 2.32. The first-order chi connectivity index (χ1) is 10.2. The second-order valence-electron chi connectivity index (χ2n) is 6.33. The van der Waals surface area contributed by atoms with Gasteiger partial charge in [0.2, 0.25) is 15.9 Å². The predicted octanol–water partition coefficient (Wildman–Crippen LogP) is 0.609. The van der Waals surface area contributed by atoms with E-state index in [0.717, 1.165) is 6.26 Å². The van der Waals surface area contributed by atoms with Gasteiger partial charge in [-0.2, -0.15) is 0 Å². The largest absolute Gasteiger partial charge is 0.465 e. The minimum Gasteiger partial charge on any atom is -0.465 e. The van der Waals surface area contributed by atoms with Crippen molar-refractivity contribution < 1.29 is 32.3 Å². The van der Waals surface area contributed by atoms with E-state index in [9.17, 15) is 22.8 Å². The molecule has 8 nitrogen and oxygen atoms in total. The van der Waals surface area contributed by atoms with Crippen LogP contribution in [0.15, 0.2) is 0 Å². The summed E-state index contributed by atoms with van der Waals surface area (Å²) in [7, 11) is -3.63. The van der Waals surface area contributed by atoms with Crippen LogP contribution < -0.4 is 4.72 Å². The third-order valence-electron chi connectivity index (χ3n) is 2.77. The Morgan fingerprint density at radius 1 is 1.04 bits per heavy atom. The van der Waals surface area contributed by atoms with Crippen molar-refractivity contribution in [2.45, 2.75) is 46.6 Å². The van der Waals surface area contributed by atoms with Gasteiger partial charge in [-0.15, -0.1) is 0 Å². The van der Waals surface area contributed by atoms with Crippen molar-refractivity contribution in [2.24, 2.45) is 11.8 Å². The quantitative estimate of drug-likeness (QED) is 0.668. The molecule has 0 radical (unpaired) electrons. The van der Waals surface area contributed by atoms with Gasteiger partial charge in [-0.05, 0) is 20.8 Å². The fourth-order valence-electron chi connectivity index (χ4n) is 1.44. The van der Waals surface area contributed by atoms with Crippen LogP contribution in [0.25, 0.3) is 0 Å². The number of nitrogens with one attached hydrogen (secondary N) is 1. The minimum absolute atomic E-state index is 0.272. The van der Waals surface area contributed by atoms with E-state index in [2.05, 4.69) is 0 Å². The molecular formula is C14H25NO7S. The zero-order chi connectivity index (χ0) is 18.4. The highest BCUT2D eigenvalue weighted by molar-refractivity contribution is 7.89. The van der Waals surface area contributed by atoms with Gasteiger partial charge in [0.15, 0.2) is 0 Å². The minimum atomic E-state index is -3.63. The van der Waals surface area contributed by atoms with Gasteiger partial charge in [0.25, 0.3) is 0 Å². The van der Waals surface area contributed by atoms with Crippen molar-refractivity contribution in [3.63, 3.8) is 0 Å². The summed E-state index contributed by atoms with van der Waals surface area (Å²) in [6, 6.07) is 0. The molecule has 0 bridgehead atoms. The lowest BCUT2D eigenvalue weighted by Gasteiger charge is -2.24. The molecule has 0 saturated heterocycles. The van der Waals surface area contributed by atoms with E-state index in [1.807, 2.05) is 0 Å². The Labute approximate surface area is 137 Å². The summed E-state index contributed by atoms with van der Waals surface area (Å²) in [6.07, 6.45) is 0.563. The highest BCUT2D eigenvalue weighted by Gasteiger charge is 2.31.